The van der Waals surface area contributed by atoms with Crippen LogP contribution in [0.4, 0.5) is 4.79 Å². The number of hydroxylamine groups is 1. The summed E-state index contributed by atoms with van der Waals surface area (Å²) in [6.07, 6.45) is 1.44. The first kappa shape index (κ1) is 24.0. The summed E-state index contributed by atoms with van der Waals surface area (Å²) >= 11 is 0. The van der Waals surface area contributed by atoms with Gasteiger partial charge in [0, 0.05) is 22.9 Å². The number of hydrogen-bond donors (Lipinski definition) is 3. The number of benzene rings is 2. The van der Waals surface area contributed by atoms with Crippen molar-refractivity contribution in [2.45, 2.75) is 65.5 Å². The fourth-order valence-corrected chi connectivity index (χ4v) is 4.93. The van der Waals surface area contributed by atoms with Crippen molar-refractivity contribution in [3.05, 3.63) is 64.8 Å². The Morgan fingerprint density at radius 2 is 1.97 bits per heavy atom. The number of phenols is 1. The monoisotopic (exact) mass is 464 g/mol. The number of aromatic nitrogens is 1. The summed E-state index contributed by atoms with van der Waals surface area (Å²) in [7, 11) is 0. The summed E-state index contributed by atoms with van der Waals surface area (Å²) < 4.78 is -0.452. The lowest BCUT2D eigenvalue weighted by atomic mass is 9.89. The van der Waals surface area contributed by atoms with E-state index >= 15 is 0 Å². The van der Waals surface area contributed by atoms with Gasteiger partial charge in [-0.1, -0.05) is 30.7 Å². The van der Waals surface area contributed by atoms with Gasteiger partial charge in [0.25, 0.3) is 0 Å². The van der Waals surface area contributed by atoms with E-state index in [1.165, 1.54) is 0 Å². The minimum absolute atomic E-state index is 0.0870. The molecule has 2 heterocycles. The molecular formula is C27H34N3O4+. The van der Waals surface area contributed by atoms with Crippen LogP contribution in [0.5, 0.6) is 5.75 Å². The van der Waals surface area contributed by atoms with Crippen LogP contribution < -0.4 is 5.48 Å². The molecule has 3 N–H and O–H groups in total. The number of carbonyl (C=O) groups is 2. The molecule has 0 saturated heterocycles. The van der Waals surface area contributed by atoms with Crippen molar-refractivity contribution < 1.29 is 24.0 Å². The maximum atomic E-state index is 13.9. The van der Waals surface area contributed by atoms with E-state index in [2.05, 4.69) is 23.5 Å². The SMILES string of the molecule is CCCC(=O)[N+]1(C(=O)NOC(C)(C)C)CCc2c([nH]c3ccc(C)cc23)C1c1cccc(O)c1. The Labute approximate surface area is 200 Å². The largest absolute Gasteiger partial charge is 0.508 e. The number of nitrogens with one attached hydrogen (secondary N) is 2. The molecule has 0 fully saturated rings. The number of nitrogens with zero attached hydrogens (tertiary/aromatic N) is 1. The molecule has 180 valence electrons. The third-order valence-electron chi connectivity index (χ3n) is 6.43. The first-order valence-electron chi connectivity index (χ1n) is 11.9. The van der Waals surface area contributed by atoms with E-state index in [0.29, 0.717) is 24.9 Å². The lowest BCUT2D eigenvalue weighted by Crippen LogP contribution is -2.65. The van der Waals surface area contributed by atoms with E-state index in [1.807, 2.05) is 45.9 Å². The summed E-state index contributed by atoms with van der Waals surface area (Å²) in [6, 6.07) is 11.9. The molecule has 0 spiro atoms. The fourth-order valence-electron chi connectivity index (χ4n) is 4.93. The van der Waals surface area contributed by atoms with Gasteiger partial charge < -0.3 is 10.1 Å². The van der Waals surface area contributed by atoms with Crippen LogP contribution in [0, 0.1) is 6.92 Å². The number of aryl methyl sites for hydroxylation is 1. The smallest absolute Gasteiger partial charge is 0.448 e. The van der Waals surface area contributed by atoms with Gasteiger partial charge >= 0.3 is 11.9 Å². The minimum atomic E-state index is -0.647. The number of quaternary nitrogens is 1. The molecule has 34 heavy (non-hydrogen) atoms. The number of fused-ring (bicyclic) bond motifs is 3. The van der Waals surface area contributed by atoms with Crippen LogP contribution in [-0.2, 0) is 16.1 Å². The Hall–Kier alpha value is -3.16. The number of aromatic hydroxyl groups is 1. The molecule has 0 radical (unpaired) electrons. The number of H-pyrrole nitrogens is 1. The van der Waals surface area contributed by atoms with Crippen molar-refractivity contribution in [1.29, 1.82) is 0 Å². The molecule has 3 aromatic rings. The molecule has 0 bridgehead atoms. The predicted octanol–water partition coefficient (Wildman–Crippen LogP) is 5.41. The van der Waals surface area contributed by atoms with Gasteiger partial charge in [-0.3, -0.25) is 4.84 Å². The van der Waals surface area contributed by atoms with Crippen molar-refractivity contribution in [2.24, 2.45) is 0 Å². The highest BCUT2D eigenvalue weighted by atomic mass is 16.7. The van der Waals surface area contributed by atoms with Gasteiger partial charge in [-0.05, 0) is 63.9 Å². The van der Waals surface area contributed by atoms with Crippen LogP contribution in [0.2, 0.25) is 0 Å². The van der Waals surface area contributed by atoms with Crippen molar-refractivity contribution in [2.75, 3.05) is 6.54 Å². The number of phenolic OH excluding ortho intramolecular Hbond substituents is 1. The first-order valence-corrected chi connectivity index (χ1v) is 11.9. The number of aromatic amines is 1. The Morgan fingerprint density at radius 3 is 2.65 bits per heavy atom. The van der Waals surface area contributed by atoms with Crippen molar-refractivity contribution in [3.8, 4) is 5.75 Å². The molecule has 3 amide bonds. The van der Waals surface area contributed by atoms with Gasteiger partial charge in [0.1, 0.15) is 5.75 Å². The van der Waals surface area contributed by atoms with Crippen LogP contribution in [-0.4, -0.2) is 38.7 Å². The first-order chi connectivity index (χ1) is 16.1. The molecular weight excluding hydrogens is 430 g/mol. The molecule has 2 aromatic carbocycles. The second-order valence-electron chi connectivity index (χ2n) is 10.2. The maximum Gasteiger partial charge on any atom is 0.448 e. The van der Waals surface area contributed by atoms with Gasteiger partial charge in [0.05, 0.1) is 24.3 Å². The molecule has 4 rings (SSSR count). The zero-order chi connectivity index (χ0) is 24.7. The highest BCUT2D eigenvalue weighted by Gasteiger charge is 2.56. The van der Waals surface area contributed by atoms with Gasteiger partial charge in [0.2, 0.25) is 0 Å². The predicted molar refractivity (Wildman–Crippen MR) is 131 cm³/mol. The maximum absolute atomic E-state index is 13.9. The highest BCUT2D eigenvalue weighted by Crippen LogP contribution is 2.45. The van der Waals surface area contributed by atoms with Crippen LogP contribution in [0.25, 0.3) is 10.9 Å². The number of imide groups is 1. The number of amides is 3. The minimum Gasteiger partial charge on any atom is -0.508 e. The van der Waals surface area contributed by atoms with Crippen LogP contribution in [0.15, 0.2) is 42.5 Å². The number of carbonyl (C=O) groups excluding carboxylic acids is 2. The van der Waals surface area contributed by atoms with Crippen molar-refractivity contribution in [3.63, 3.8) is 0 Å². The van der Waals surface area contributed by atoms with Crippen molar-refractivity contribution >= 4 is 22.8 Å². The quantitative estimate of drug-likeness (QED) is 0.356. The summed E-state index contributed by atoms with van der Waals surface area (Å²) in [4.78, 5) is 36.8. The van der Waals surface area contributed by atoms with Crippen LogP contribution in [0.3, 0.4) is 0 Å². The van der Waals surface area contributed by atoms with E-state index in [9.17, 15) is 14.7 Å². The van der Waals surface area contributed by atoms with Crippen molar-refractivity contribution in [1.82, 2.24) is 10.5 Å². The Bertz CT molecular complexity index is 1240. The standard InChI is InChI=1S/C27H33N3O4/c1-6-8-23(32)30(26(33)29-34-27(3,4)5)14-13-20-21-15-17(2)11-12-22(21)28-24(20)25(30)18-9-7-10-19(31)16-18/h7,9-12,15-16,25,28H,6,8,13-14H2,1-5H3,(H-,29,31,33)/p+1. The van der Waals surface area contributed by atoms with Crippen LogP contribution >= 0.6 is 0 Å². The van der Waals surface area contributed by atoms with E-state index in [4.69, 9.17) is 4.84 Å². The normalized spacial score (nSPS) is 20.2. The highest BCUT2D eigenvalue weighted by molar-refractivity contribution is 5.88. The van der Waals surface area contributed by atoms with E-state index in [-0.39, 0.29) is 18.1 Å². The average Bonchev–Trinajstić information content (AvgIpc) is 3.13. The van der Waals surface area contributed by atoms with E-state index < -0.39 is 22.2 Å². The van der Waals surface area contributed by atoms with E-state index in [1.54, 1.807) is 18.2 Å². The molecule has 0 saturated carbocycles. The zero-order valence-electron chi connectivity index (χ0n) is 20.6. The van der Waals surface area contributed by atoms with Crippen LogP contribution in [0.1, 0.15) is 69.0 Å². The fraction of sp³-hybridized carbons (Fsp3) is 0.407. The third kappa shape index (κ3) is 4.21. The average molecular weight is 465 g/mol. The number of hydrogen-bond acceptors (Lipinski definition) is 4. The molecule has 2 unspecified atom stereocenters. The van der Waals surface area contributed by atoms with E-state index in [0.717, 1.165) is 27.7 Å². The Morgan fingerprint density at radius 1 is 1.21 bits per heavy atom. The molecule has 2 atom stereocenters. The van der Waals surface area contributed by atoms with Gasteiger partial charge in [0.15, 0.2) is 6.04 Å². The second-order valence-corrected chi connectivity index (χ2v) is 10.2. The lowest BCUT2D eigenvalue weighted by Gasteiger charge is -2.42. The third-order valence-corrected chi connectivity index (χ3v) is 6.43. The summed E-state index contributed by atoms with van der Waals surface area (Å²) in [5.41, 5.74) is 6.72. The summed E-state index contributed by atoms with van der Waals surface area (Å²) in [5.74, 6) is -0.0877. The topological polar surface area (TPSA) is 91.4 Å². The summed E-state index contributed by atoms with van der Waals surface area (Å²) in [6.45, 7) is 9.80. The molecule has 7 heteroatoms. The van der Waals surface area contributed by atoms with Gasteiger partial charge in [-0.15, -0.1) is 0 Å². The summed E-state index contributed by atoms with van der Waals surface area (Å²) in [5, 5.41) is 11.4. The van der Waals surface area contributed by atoms with Gasteiger partial charge in [-0.2, -0.15) is 9.96 Å². The molecule has 1 aromatic heterocycles. The zero-order valence-corrected chi connectivity index (χ0v) is 20.6. The number of rotatable bonds is 4. The Balaban J connectivity index is 1.96. The Kier molecular flexibility index (Phi) is 6.27. The molecule has 1 aliphatic heterocycles. The molecule has 7 nitrogen and oxygen atoms in total. The lowest BCUT2D eigenvalue weighted by molar-refractivity contribution is -0.806. The molecule has 1 aliphatic rings. The number of urea groups is 1. The molecule has 0 aliphatic carbocycles. The second kappa shape index (κ2) is 8.89. The van der Waals surface area contributed by atoms with Gasteiger partial charge in [-0.25, -0.2) is 9.59 Å².